The Kier molecular flexibility index (Phi) is 6.91. The van der Waals surface area contributed by atoms with E-state index in [1.165, 1.54) is 0 Å². The number of carbonyl (C=O) groups excluding carboxylic acids is 2. The van der Waals surface area contributed by atoms with Crippen molar-refractivity contribution in [1.29, 1.82) is 0 Å². The predicted molar refractivity (Wildman–Crippen MR) is 62.5 cm³/mol. The van der Waals surface area contributed by atoms with Crippen LogP contribution in [0, 0.1) is 5.92 Å². The third kappa shape index (κ3) is 5.60. The molecular weight excluding hydrogens is 242 g/mol. The number of aliphatic hydroxyl groups is 1. The topological polar surface area (TPSA) is 142 Å². The second-order valence-corrected chi connectivity index (χ2v) is 4.13. The molecule has 0 aromatic rings. The average Bonchev–Trinajstić information content (AvgIpc) is 2.30. The fourth-order valence-electron chi connectivity index (χ4n) is 1.12. The number of carboxylic acid groups (broad SMARTS) is 1. The van der Waals surface area contributed by atoms with Crippen LogP contribution in [0.5, 0.6) is 0 Å². The Hall–Kier alpha value is -1.67. The summed E-state index contributed by atoms with van der Waals surface area (Å²) in [6.45, 7) is 2.39. The number of carboxylic acids is 1. The first-order chi connectivity index (χ1) is 8.29. The van der Waals surface area contributed by atoms with Crippen LogP contribution in [0.3, 0.4) is 0 Å². The van der Waals surface area contributed by atoms with E-state index in [0.717, 1.165) is 0 Å². The average molecular weight is 261 g/mol. The Labute approximate surface area is 105 Å². The van der Waals surface area contributed by atoms with E-state index >= 15 is 0 Å². The van der Waals surface area contributed by atoms with Crippen molar-refractivity contribution in [3.05, 3.63) is 0 Å². The summed E-state index contributed by atoms with van der Waals surface area (Å²) in [4.78, 5) is 33.3. The van der Waals surface area contributed by atoms with Gasteiger partial charge in [0.05, 0.1) is 13.2 Å². The van der Waals surface area contributed by atoms with E-state index in [-0.39, 0.29) is 12.5 Å². The van der Waals surface area contributed by atoms with E-state index in [2.05, 4.69) is 10.6 Å². The minimum absolute atomic E-state index is 0.276. The number of hydrogen-bond acceptors (Lipinski definition) is 5. The molecule has 8 nitrogen and oxygen atoms in total. The van der Waals surface area contributed by atoms with Gasteiger partial charge in [-0.2, -0.15) is 0 Å². The highest BCUT2D eigenvalue weighted by atomic mass is 16.4. The Morgan fingerprint density at radius 1 is 1.28 bits per heavy atom. The molecule has 2 amide bonds. The van der Waals surface area contributed by atoms with E-state index in [1.54, 1.807) is 13.8 Å². The molecule has 0 aromatic heterocycles. The molecule has 8 heteroatoms. The number of aliphatic hydroxyl groups excluding tert-OH is 1. The number of nitrogens with one attached hydrogen (secondary N) is 2. The zero-order valence-electron chi connectivity index (χ0n) is 10.3. The third-order valence-electron chi connectivity index (χ3n) is 2.21. The normalized spacial score (nSPS) is 13.8. The maximum absolute atomic E-state index is 11.4. The Bertz CT molecular complexity index is 319. The highest BCUT2D eigenvalue weighted by Crippen LogP contribution is 2.00. The minimum Gasteiger partial charge on any atom is -0.480 e. The highest BCUT2D eigenvalue weighted by Gasteiger charge is 2.23. The summed E-state index contributed by atoms with van der Waals surface area (Å²) >= 11 is 0. The summed E-state index contributed by atoms with van der Waals surface area (Å²) in [5, 5.41) is 21.9. The fourth-order valence-corrected chi connectivity index (χ4v) is 1.12. The van der Waals surface area contributed by atoms with Crippen LogP contribution in [0.2, 0.25) is 0 Å². The summed E-state index contributed by atoms with van der Waals surface area (Å²) in [7, 11) is 0. The number of carbonyl (C=O) groups is 3. The smallest absolute Gasteiger partial charge is 0.326 e. The van der Waals surface area contributed by atoms with Gasteiger partial charge in [0.2, 0.25) is 11.8 Å². The lowest BCUT2D eigenvalue weighted by Crippen LogP contribution is -2.50. The molecule has 2 unspecified atom stereocenters. The maximum Gasteiger partial charge on any atom is 0.326 e. The first-order valence-corrected chi connectivity index (χ1v) is 5.45. The second-order valence-electron chi connectivity index (χ2n) is 4.13. The van der Waals surface area contributed by atoms with Crippen LogP contribution in [0.4, 0.5) is 0 Å². The van der Waals surface area contributed by atoms with Crippen LogP contribution in [0.1, 0.15) is 13.8 Å². The van der Waals surface area contributed by atoms with E-state index in [4.69, 9.17) is 15.9 Å². The van der Waals surface area contributed by atoms with E-state index in [1.807, 2.05) is 0 Å². The van der Waals surface area contributed by atoms with Crippen LogP contribution < -0.4 is 16.4 Å². The number of nitrogens with two attached hydrogens (primary N) is 1. The van der Waals surface area contributed by atoms with E-state index < -0.39 is 36.5 Å². The molecule has 0 radical (unpaired) electrons. The van der Waals surface area contributed by atoms with E-state index in [9.17, 15) is 14.4 Å². The Morgan fingerprint density at radius 2 is 1.83 bits per heavy atom. The van der Waals surface area contributed by atoms with Gasteiger partial charge in [0.1, 0.15) is 12.1 Å². The molecule has 0 saturated carbocycles. The fraction of sp³-hybridized carbons (Fsp3) is 0.700. The van der Waals surface area contributed by atoms with Gasteiger partial charge < -0.3 is 26.6 Å². The van der Waals surface area contributed by atoms with Crippen molar-refractivity contribution in [2.75, 3.05) is 13.2 Å². The predicted octanol–water partition coefficient (Wildman–Crippen LogP) is -2.35. The molecule has 0 fully saturated rings. The lowest BCUT2D eigenvalue weighted by molar-refractivity contribution is -0.143. The largest absolute Gasteiger partial charge is 0.480 e. The molecule has 18 heavy (non-hydrogen) atoms. The summed E-state index contributed by atoms with van der Waals surface area (Å²) in [5.74, 6) is -2.72. The van der Waals surface area contributed by atoms with Crippen molar-refractivity contribution in [3.63, 3.8) is 0 Å². The highest BCUT2D eigenvalue weighted by molar-refractivity contribution is 5.89. The summed E-state index contributed by atoms with van der Waals surface area (Å²) in [5.41, 5.74) is 5.21. The summed E-state index contributed by atoms with van der Waals surface area (Å²) in [6, 6.07) is -2.11. The number of rotatable bonds is 7. The third-order valence-corrected chi connectivity index (χ3v) is 2.21. The standard InChI is InChI=1S/C10H19N3O5/c1-5(2)8(10(17)18)13-7(15)3-12-9(16)6(11)4-14/h5-6,8,14H,3-4,11H2,1-2H3,(H,12,16)(H,13,15)(H,17,18). The molecule has 0 aromatic carbocycles. The molecule has 0 bridgehead atoms. The second kappa shape index (κ2) is 7.62. The van der Waals surface area contributed by atoms with Crippen molar-refractivity contribution >= 4 is 17.8 Å². The number of hydrogen-bond donors (Lipinski definition) is 5. The van der Waals surface area contributed by atoms with Gasteiger partial charge >= 0.3 is 5.97 Å². The van der Waals surface area contributed by atoms with E-state index in [0.29, 0.717) is 0 Å². The molecule has 0 aliphatic rings. The van der Waals surface area contributed by atoms with Crippen molar-refractivity contribution in [3.8, 4) is 0 Å². The summed E-state index contributed by atoms with van der Waals surface area (Å²) < 4.78 is 0. The minimum atomic E-state index is -1.14. The molecular formula is C10H19N3O5. The first-order valence-electron chi connectivity index (χ1n) is 5.45. The molecule has 0 aliphatic heterocycles. The Morgan fingerprint density at radius 3 is 2.22 bits per heavy atom. The van der Waals surface area contributed by atoms with Gasteiger partial charge in [0, 0.05) is 0 Å². The SMILES string of the molecule is CC(C)C(NC(=O)CNC(=O)C(N)CO)C(=O)O. The van der Waals surface area contributed by atoms with Crippen LogP contribution in [0.15, 0.2) is 0 Å². The zero-order chi connectivity index (χ0) is 14.3. The van der Waals surface area contributed by atoms with Crippen LogP contribution in [0.25, 0.3) is 0 Å². The van der Waals surface area contributed by atoms with Gasteiger partial charge in [0.25, 0.3) is 0 Å². The van der Waals surface area contributed by atoms with Crippen molar-refractivity contribution in [2.45, 2.75) is 25.9 Å². The molecule has 0 aliphatic carbocycles. The van der Waals surface area contributed by atoms with Crippen LogP contribution in [-0.4, -0.2) is 53.2 Å². The first kappa shape index (κ1) is 16.3. The number of aliphatic carboxylic acids is 1. The summed E-state index contributed by atoms with van der Waals surface area (Å²) in [6.07, 6.45) is 0. The molecule has 0 saturated heterocycles. The lowest BCUT2D eigenvalue weighted by atomic mass is 10.1. The molecule has 0 rings (SSSR count). The quantitative estimate of drug-likeness (QED) is 0.347. The van der Waals surface area contributed by atoms with Gasteiger partial charge in [-0.3, -0.25) is 9.59 Å². The van der Waals surface area contributed by atoms with Crippen molar-refractivity contribution in [1.82, 2.24) is 10.6 Å². The van der Waals surface area contributed by atoms with Gasteiger partial charge in [0.15, 0.2) is 0 Å². The van der Waals surface area contributed by atoms with Gasteiger partial charge in [-0.05, 0) is 5.92 Å². The maximum atomic E-state index is 11.4. The van der Waals surface area contributed by atoms with Gasteiger partial charge in [-0.1, -0.05) is 13.8 Å². The molecule has 0 heterocycles. The van der Waals surface area contributed by atoms with Crippen molar-refractivity contribution in [2.24, 2.45) is 11.7 Å². The monoisotopic (exact) mass is 261 g/mol. The zero-order valence-corrected chi connectivity index (χ0v) is 10.3. The number of amides is 2. The van der Waals surface area contributed by atoms with Gasteiger partial charge in [-0.15, -0.1) is 0 Å². The van der Waals surface area contributed by atoms with Crippen LogP contribution >= 0.6 is 0 Å². The lowest BCUT2D eigenvalue weighted by Gasteiger charge is -2.18. The van der Waals surface area contributed by atoms with Crippen molar-refractivity contribution < 1.29 is 24.6 Å². The molecule has 2 atom stereocenters. The molecule has 104 valence electrons. The molecule has 0 spiro atoms. The van der Waals surface area contributed by atoms with Gasteiger partial charge in [-0.25, -0.2) is 4.79 Å². The Balaban J connectivity index is 4.19. The molecule has 6 N–H and O–H groups in total. The van der Waals surface area contributed by atoms with Crippen LogP contribution in [-0.2, 0) is 14.4 Å².